The second-order valence-electron chi connectivity index (χ2n) is 29.3. The van der Waals surface area contributed by atoms with Crippen LogP contribution in [0.2, 0.25) is 0 Å². The molecule has 0 spiro atoms. The van der Waals surface area contributed by atoms with E-state index >= 15 is 0 Å². The number of carboxylic acid groups (broad SMARTS) is 2. The van der Waals surface area contributed by atoms with Crippen LogP contribution >= 0.6 is 0 Å². The summed E-state index contributed by atoms with van der Waals surface area (Å²) >= 11 is 0. The van der Waals surface area contributed by atoms with E-state index in [0.29, 0.717) is 95.3 Å². The molecular formula is C83H98N24O14. The molecule has 15 rings (SSSR count). The van der Waals surface area contributed by atoms with Crippen LogP contribution in [-0.4, -0.2) is 217 Å². The quantitative estimate of drug-likeness (QED) is 0.0282. The number of nitrogens with two attached hydrogens (primary N) is 4. The summed E-state index contributed by atoms with van der Waals surface area (Å²) in [6.07, 6.45) is 20.6. The number of ketones is 2. The van der Waals surface area contributed by atoms with Crippen molar-refractivity contribution in [2.75, 3.05) is 120 Å². The van der Waals surface area contributed by atoms with Crippen molar-refractivity contribution in [3.8, 4) is 23.0 Å². The van der Waals surface area contributed by atoms with E-state index in [1.165, 1.54) is 52.5 Å². The molecule has 0 saturated carbocycles. The summed E-state index contributed by atoms with van der Waals surface area (Å²) in [5.74, 6) is 5.40. The molecule has 2 aliphatic carbocycles. The number of piperazine rings is 1. The molecule has 121 heavy (non-hydrogen) atoms. The number of methoxy groups -OCH3 is 4. The van der Waals surface area contributed by atoms with Gasteiger partial charge in [-0.25, -0.2) is 44.7 Å². The molecule has 5 aromatic heterocycles. The number of aliphatic imine (C=N–C) groups is 3. The molecule has 1 saturated heterocycles. The third-order valence-electron chi connectivity index (χ3n) is 20.0. The molecule has 4 aliphatic heterocycles. The second-order valence-corrected chi connectivity index (χ2v) is 29.3. The summed E-state index contributed by atoms with van der Waals surface area (Å²) in [6, 6.07) is 15.2. The fourth-order valence-corrected chi connectivity index (χ4v) is 14.0. The minimum Gasteiger partial charge on any atom is -0.495 e. The van der Waals surface area contributed by atoms with Gasteiger partial charge in [-0.15, -0.1) is 0 Å². The van der Waals surface area contributed by atoms with Gasteiger partial charge in [-0.1, -0.05) is 12.2 Å². The molecule has 0 radical (unpaired) electrons. The number of nitrogens with one attached hydrogen (secondary N) is 4. The highest BCUT2D eigenvalue weighted by Gasteiger charge is 2.32. The van der Waals surface area contributed by atoms with Crippen LogP contribution in [0.15, 0.2) is 107 Å². The molecule has 6 aliphatic rings. The molecule has 14 N–H and O–H groups in total. The maximum atomic E-state index is 13.0. The summed E-state index contributed by atoms with van der Waals surface area (Å²) in [6.45, 7) is 13.1. The Hall–Kier alpha value is -14.6. The largest absolute Gasteiger partial charge is 0.495 e. The lowest BCUT2D eigenvalue weighted by atomic mass is 9.85. The minimum atomic E-state index is -0.656. The highest BCUT2D eigenvalue weighted by atomic mass is 16.6. The Labute approximate surface area is 697 Å². The number of hydrogen-bond donors (Lipinski definition) is 10. The molecule has 9 heterocycles. The number of carbonyl (C=O) groups is 7. The first-order valence-corrected chi connectivity index (χ1v) is 38.2. The van der Waals surface area contributed by atoms with Crippen LogP contribution < -0.4 is 63.1 Å². The van der Waals surface area contributed by atoms with Gasteiger partial charge in [-0.3, -0.25) is 43.7 Å². The van der Waals surface area contributed by atoms with Crippen LogP contribution in [0, 0.1) is 11.8 Å². The smallest absolute Gasteiger partial charge is 0.435 e. The fourth-order valence-electron chi connectivity index (χ4n) is 14.0. The van der Waals surface area contributed by atoms with Crippen LogP contribution in [0.1, 0.15) is 138 Å². The summed E-state index contributed by atoms with van der Waals surface area (Å²) in [5, 5.41) is 31.5. The van der Waals surface area contributed by atoms with Gasteiger partial charge >= 0.3 is 6.09 Å². The van der Waals surface area contributed by atoms with Crippen LogP contribution in [0.25, 0.3) is 22.0 Å². The summed E-state index contributed by atoms with van der Waals surface area (Å²) in [7, 11) is 12.1. The summed E-state index contributed by atoms with van der Waals surface area (Å²) in [5.41, 5.74) is 37.5. The molecule has 2 unspecified atom stereocenters. The monoisotopic (exact) mass is 1650 g/mol. The number of carbonyl (C=O) groups excluding carboxylic acids is 5. The summed E-state index contributed by atoms with van der Waals surface area (Å²) < 4.78 is 28.6. The predicted octanol–water partition coefficient (Wildman–Crippen LogP) is 10.2. The topological polar surface area (TPSA) is 526 Å². The highest BCUT2D eigenvalue weighted by Crippen LogP contribution is 2.43. The Morgan fingerprint density at radius 2 is 0.893 bits per heavy atom. The molecule has 634 valence electrons. The van der Waals surface area contributed by atoms with Crippen molar-refractivity contribution in [3.05, 3.63) is 148 Å². The number of Topliss-reactive ketones (excluding diaryl/α,β-unsaturated/α-hetero) is 2. The number of fused-ring (bicyclic) bond motifs is 4. The van der Waals surface area contributed by atoms with E-state index in [0.717, 1.165) is 135 Å². The molecule has 0 bridgehead atoms. The zero-order chi connectivity index (χ0) is 87.4. The van der Waals surface area contributed by atoms with E-state index in [1.807, 2.05) is 53.7 Å². The lowest BCUT2D eigenvalue weighted by Crippen LogP contribution is -2.49. The number of benzene rings is 4. The zero-order valence-corrected chi connectivity index (χ0v) is 69.2. The first-order valence-electron chi connectivity index (χ1n) is 38.2. The lowest BCUT2D eigenvalue weighted by molar-refractivity contribution is -0.137. The number of anilines is 12. The van der Waals surface area contributed by atoms with Crippen LogP contribution in [0.5, 0.6) is 23.0 Å². The molecular weight excluding hydrogens is 1560 g/mol. The number of nitrogens with zero attached hydrogens (tertiary/aromatic N) is 16. The van der Waals surface area contributed by atoms with Gasteiger partial charge in [0.15, 0.2) is 11.6 Å². The SMILES string of the molecule is COc1cc2c(cc1Nc1ncnc(N)c1C(C)=O)C=NC2.COc1cc2c(cc1Nc1ncnc(N)c1C1=CCC(C(=O)N(C)C)CC1)C=NC2.COc1cc2c(cc1Nc1ncnc(N)c1C1=CCC(C(=O)N3CCN(C)CC3)CC1)C=NC2.COc1cc2c(cnn2C(=O)OC(C)(C)C)cc1Nc1ncnc(N)c1C(C)=O.O=CO.O=CO. The third-order valence-corrected chi connectivity index (χ3v) is 20.0. The molecule has 38 nitrogen and oxygen atoms in total. The van der Waals surface area contributed by atoms with E-state index in [1.54, 1.807) is 79.4 Å². The molecule has 2 amide bonds. The van der Waals surface area contributed by atoms with Crippen molar-refractivity contribution < 1.29 is 67.5 Å². The summed E-state index contributed by atoms with van der Waals surface area (Å²) in [4.78, 5) is 130. The van der Waals surface area contributed by atoms with Crippen LogP contribution in [-0.2, 0) is 43.5 Å². The number of likely N-dealkylation sites (N-methyl/N-ethyl adjacent to an activating group) is 1. The van der Waals surface area contributed by atoms with E-state index in [-0.39, 0.29) is 76.7 Å². The highest BCUT2D eigenvalue weighted by molar-refractivity contribution is 6.05. The Bertz CT molecular complexity index is 5510. The van der Waals surface area contributed by atoms with Gasteiger partial charge in [0.1, 0.15) is 112 Å². The predicted molar refractivity (Wildman–Crippen MR) is 461 cm³/mol. The Morgan fingerprint density at radius 1 is 0.521 bits per heavy atom. The molecule has 4 aromatic carbocycles. The van der Waals surface area contributed by atoms with Gasteiger partial charge in [0, 0.05) is 82.2 Å². The van der Waals surface area contributed by atoms with Crippen molar-refractivity contribution in [1.29, 1.82) is 0 Å². The van der Waals surface area contributed by atoms with E-state index in [9.17, 15) is 24.0 Å². The Kier molecular flexibility index (Phi) is 29.7. The van der Waals surface area contributed by atoms with Crippen molar-refractivity contribution in [2.45, 2.75) is 98.4 Å². The number of nitrogen functional groups attached to an aromatic ring is 4. The second kappa shape index (κ2) is 40.5. The van der Waals surface area contributed by atoms with Crippen molar-refractivity contribution in [3.63, 3.8) is 0 Å². The maximum absolute atomic E-state index is 13.0. The van der Waals surface area contributed by atoms with Gasteiger partial charge in [0.2, 0.25) is 11.8 Å². The van der Waals surface area contributed by atoms with Gasteiger partial charge in [0.05, 0.1) is 93.7 Å². The first-order chi connectivity index (χ1) is 58.0. The molecule has 38 heteroatoms. The van der Waals surface area contributed by atoms with Crippen molar-refractivity contribution >= 4 is 152 Å². The minimum absolute atomic E-state index is 0.00195. The lowest BCUT2D eigenvalue weighted by Gasteiger charge is -2.35. The average Bonchev–Trinajstić information content (AvgIpc) is 1.72. The molecule has 1 fully saturated rings. The van der Waals surface area contributed by atoms with Gasteiger partial charge < -0.3 is 92.8 Å². The number of amides is 2. The number of allylic oxidation sites excluding steroid dienone is 4. The number of ether oxygens (including phenoxy) is 5. The van der Waals surface area contributed by atoms with Gasteiger partial charge in [-0.05, 0) is 167 Å². The zero-order valence-electron chi connectivity index (χ0n) is 69.2. The molecule has 2 atom stereocenters. The maximum Gasteiger partial charge on any atom is 0.435 e. The van der Waals surface area contributed by atoms with Crippen LogP contribution in [0.3, 0.4) is 0 Å². The fraction of sp³-hybridized carbons (Fsp3) is 0.337. The number of rotatable bonds is 18. The van der Waals surface area contributed by atoms with Crippen LogP contribution in [0.4, 0.5) is 74.1 Å². The van der Waals surface area contributed by atoms with E-state index < -0.39 is 11.7 Å². The number of aromatic nitrogens is 10. The van der Waals surface area contributed by atoms with Gasteiger partial charge in [0.25, 0.3) is 12.9 Å². The standard InChI is InChI=1S/C25H31N7O2.C22H26N6O2.C19H22N6O4.C15H15N5O2.2CH2O2/c1-31-7-9-32(10-8-31)25(33)17-5-3-16(4-6-17)22-23(26)28-15-29-24(22)30-20-11-18-13-27-14-19(18)12-21(20)34-2;1-28(2)22(29)14-6-4-13(5-7-14)19-20(23)25-12-26-21(19)27-17-8-15-10-24-11-16(15)9-18(17)30-3;1-10(26)15-16(20)21-9-22-17(15)24-12-6-11-8-23-25(13(11)7-14(12)28-5)18(27)29-19(2,3)4;1-8(21)13-14(16)18-7-19-15(13)20-11-3-9-5-17-6-10(9)4-12(11)22-2;2*2-1-3/h3,11-13,15,17H,4-10,14H2,1-2H3,(H3,26,28,29,30);4,8-10,12,14H,5-7,11H2,1-3H3,(H3,23,25,26,27);6-9H,1-5H3,(H3,20,21,22,24);3-5,7H,6H2,1-2H3,(H3,16,18,19,20);2*1H,(H,2,3). The van der Waals surface area contributed by atoms with E-state index in [2.05, 4.69) is 105 Å². The van der Waals surface area contributed by atoms with E-state index in [4.69, 9.17) is 66.4 Å². The van der Waals surface area contributed by atoms with Gasteiger partial charge in [-0.2, -0.15) is 9.78 Å². The normalized spacial score (nSPS) is 15.1. The molecule has 9 aromatic rings. The first kappa shape index (κ1) is 88.8. The van der Waals surface area contributed by atoms with Crippen molar-refractivity contribution in [1.82, 2.24) is 64.4 Å². The Balaban J connectivity index is 0.000000167. The van der Waals surface area contributed by atoms with Crippen molar-refractivity contribution in [2.24, 2.45) is 26.8 Å². The third kappa shape index (κ3) is 21.8. The average molecular weight is 1660 g/mol. The Morgan fingerprint density at radius 3 is 1.26 bits per heavy atom. The number of hydrogen-bond acceptors (Lipinski definition) is 33.